The molecule has 4 heteroatoms. The summed E-state index contributed by atoms with van der Waals surface area (Å²) in [5, 5.41) is 3.54. The van der Waals surface area contributed by atoms with Gasteiger partial charge in [-0.2, -0.15) is 0 Å². The summed E-state index contributed by atoms with van der Waals surface area (Å²) in [7, 11) is 0. The molecule has 2 rings (SSSR count). The molecule has 106 valence electrons. The van der Waals surface area contributed by atoms with Crippen LogP contribution >= 0.6 is 0 Å². The van der Waals surface area contributed by atoms with Crippen molar-refractivity contribution in [1.82, 2.24) is 10.2 Å². The summed E-state index contributed by atoms with van der Waals surface area (Å²) < 4.78 is 11.3. The normalized spacial score (nSPS) is 28.5. The molecule has 0 radical (unpaired) electrons. The van der Waals surface area contributed by atoms with E-state index < -0.39 is 0 Å². The maximum atomic E-state index is 5.86. The van der Waals surface area contributed by atoms with Crippen LogP contribution in [0.15, 0.2) is 0 Å². The molecule has 0 aromatic rings. The predicted molar refractivity (Wildman–Crippen MR) is 72.9 cm³/mol. The minimum atomic E-state index is 0.171. The number of ether oxygens (including phenoxy) is 2. The molecule has 1 atom stereocenters. The average molecular weight is 256 g/mol. The minimum absolute atomic E-state index is 0.171. The van der Waals surface area contributed by atoms with Gasteiger partial charge in [0, 0.05) is 44.4 Å². The van der Waals surface area contributed by atoms with Gasteiger partial charge in [-0.05, 0) is 33.6 Å². The Morgan fingerprint density at radius 1 is 1.17 bits per heavy atom. The largest absolute Gasteiger partial charge is 0.381 e. The number of nitrogens with zero attached hydrogens (tertiary/aromatic N) is 1. The summed E-state index contributed by atoms with van der Waals surface area (Å²) in [5.41, 5.74) is 0.171. The first-order valence-electron chi connectivity index (χ1n) is 7.23. The standard InChI is InChI=1S/C14H28N2O2/c1-14(2,3)15-10-13-11-16(6-9-18-13)12-4-7-17-8-5-12/h12-13,15H,4-11H2,1-3H3/t13-/m0/s1. The highest BCUT2D eigenvalue weighted by atomic mass is 16.5. The second-order valence-corrected chi connectivity index (χ2v) is 6.46. The number of hydrogen-bond donors (Lipinski definition) is 1. The first kappa shape index (κ1) is 14.3. The van der Waals surface area contributed by atoms with Gasteiger partial charge in [-0.3, -0.25) is 4.90 Å². The molecule has 0 spiro atoms. The Bertz CT molecular complexity index is 247. The van der Waals surface area contributed by atoms with E-state index in [1.807, 2.05) is 0 Å². The molecule has 2 heterocycles. The lowest BCUT2D eigenvalue weighted by molar-refractivity contribution is -0.0618. The molecule has 0 saturated carbocycles. The van der Waals surface area contributed by atoms with Crippen LogP contribution in [0.5, 0.6) is 0 Å². The summed E-state index contributed by atoms with van der Waals surface area (Å²) in [6.07, 6.45) is 2.69. The molecule has 2 fully saturated rings. The number of nitrogens with one attached hydrogen (secondary N) is 1. The molecular weight excluding hydrogens is 228 g/mol. The maximum Gasteiger partial charge on any atom is 0.0827 e. The SMILES string of the molecule is CC(C)(C)NC[C@H]1CN(C2CCOCC2)CCO1. The zero-order chi connectivity index (χ0) is 13.0. The number of rotatable bonds is 3. The first-order chi connectivity index (χ1) is 8.54. The van der Waals surface area contributed by atoms with Crippen molar-refractivity contribution in [1.29, 1.82) is 0 Å². The third kappa shape index (κ3) is 4.50. The lowest BCUT2D eigenvalue weighted by atomic mass is 10.1. The van der Waals surface area contributed by atoms with Crippen molar-refractivity contribution in [2.24, 2.45) is 0 Å². The van der Waals surface area contributed by atoms with E-state index in [0.717, 1.165) is 39.5 Å². The van der Waals surface area contributed by atoms with Gasteiger partial charge in [0.05, 0.1) is 12.7 Å². The van der Waals surface area contributed by atoms with Crippen LogP contribution in [0.3, 0.4) is 0 Å². The van der Waals surface area contributed by atoms with Crippen LogP contribution in [0.25, 0.3) is 0 Å². The van der Waals surface area contributed by atoms with E-state index in [9.17, 15) is 0 Å². The van der Waals surface area contributed by atoms with Crippen LogP contribution in [0.2, 0.25) is 0 Å². The fourth-order valence-electron chi connectivity index (χ4n) is 2.67. The lowest BCUT2D eigenvalue weighted by Gasteiger charge is -2.40. The highest BCUT2D eigenvalue weighted by molar-refractivity contribution is 4.82. The second-order valence-electron chi connectivity index (χ2n) is 6.46. The van der Waals surface area contributed by atoms with Crippen LogP contribution in [-0.2, 0) is 9.47 Å². The second kappa shape index (κ2) is 6.33. The Labute approximate surface area is 111 Å². The topological polar surface area (TPSA) is 33.7 Å². The highest BCUT2D eigenvalue weighted by Gasteiger charge is 2.28. The molecule has 2 aliphatic rings. The lowest BCUT2D eigenvalue weighted by Crippen LogP contribution is -2.53. The quantitative estimate of drug-likeness (QED) is 0.824. The zero-order valence-corrected chi connectivity index (χ0v) is 12.1. The highest BCUT2D eigenvalue weighted by Crippen LogP contribution is 2.17. The Hall–Kier alpha value is -0.160. The fraction of sp³-hybridized carbons (Fsp3) is 1.00. The van der Waals surface area contributed by atoms with Crippen molar-refractivity contribution in [3.63, 3.8) is 0 Å². The number of morpholine rings is 1. The molecule has 0 amide bonds. The van der Waals surface area contributed by atoms with Crippen LogP contribution < -0.4 is 5.32 Å². The van der Waals surface area contributed by atoms with Crippen LogP contribution in [0, 0.1) is 0 Å². The molecule has 1 N–H and O–H groups in total. The van der Waals surface area contributed by atoms with Crippen molar-refractivity contribution < 1.29 is 9.47 Å². The van der Waals surface area contributed by atoms with Gasteiger partial charge in [0.2, 0.25) is 0 Å². The van der Waals surface area contributed by atoms with E-state index in [0.29, 0.717) is 12.1 Å². The summed E-state index contributed by atoms with van der Waals surface area (Å²) in [5.74, 6) is 0. The average Bonchev–Trinajstić information content (AvgIpc) is 2.37. The van der Waals surface area contributed by atoms with Gasteiger partial charge < -0.3 is 14.8 Å². The van der Waals surface area contributed by atoms with Gasteiger partial charge in [0.1, 0.15) is 0 Å². The van der Waals surface area contributed by atoms with Crippen molar-refractivity contribution in [3.05, 3.63) is 0 Å². The third-order valence-corrected chi connectivity index (χ3v) is 3.74. The summed E-state index contributed by atoms with van der Waals surface area (Å²) >= 11 is 0. The molecule has 4 nitrogen and oxygen atoms in total. The fourth-order valence-corrected chi connectivity index (χ4v) is 2.67. The predicted octanol–water partition coefficient (Wildman–Crippen LogP) is 1.25. The summed E-state index contributed by atoms with van der Waals surface area (Å²) in [4.78, 5) is 2.60. The van der Waals surface area contributed by atoms with Crippen molar-refractivity contribution in [3.8, 4) is 0 Å². The van der Waals surface area contributed by atoms with Gasteiger partial charge in [-0.15, -0.1) is 0 Å². The summed E-state index contributed by atoms with van der Waals surface area (Å²) in [6.45, 7) is 12.4. The smallest absolute Gasteiger partial charge is 0.0827 e. The Balaban J connectivity index is 1.77. The monoisotopic (exact) mass is 256 g/mol. The van der Waals surface area contributed by atoms with Gasteiger partial charge in [0.25, 0.3) is 0 Å². The molecule has 2 aliphatic heterocycles. The van der Waals surface area contributed by atoms with Gasteiger partial charge in [0.15, 0.2) is 0 Å². The van der Waals surface area contributed by atoms with Crippen LogP contribution in [-0.4, -0.2) is 62.0 Å². The zero-order valence-electron chi connectivity index (χ0n) is 12.1. The molecule has 0 bridgehead atoms. The minimum Gasteiger partial charge on any atom is -0.381 e. The Morgan fingerprint density at radius 3 is 2.56 bits per heavy atom. The third-order valence-electron chi connectivity index (χ3n) is 3.74. The van der Waals surface area contributed by atoms with E-state index >= 15 is 0 Å². The van der Waals surface area contributed by atoms with E-state index in [2.05, 4.69) is 31.0 Å². The first-order valence-corrected chi connectivity index (χ1v) is 7.23. The molecule has 0 aromatic carbocycles. The van der Waals surface area contributed by atoms with E-state index in [4.69, 9.17) is 9.47 Å². The van der Waals surface area contributed by atoms with Crippen LogP contribution in [0.4, 0.5) is 0 Å². The number of hydrogen-bond acceptors (Lipinski definition) is 4. The summed E-state index contributed by atoms with van der Waals surface area (Å²) in [6, 6.07) is 0.708. The van der Waals surface area contributed by atoms with Crippen LogP contribution in [0.1, 0.15) is 33.6 Å². The van der Waals surface area contributed by atoms with Crippen molar-refractivity contribution in [2.45, 2.75) is 51.3 Å². The van der Waals surface area contributed by atoms with Gasteiger partial charge in [-0.25, -0.2) is 0 Å². The molecule has 2 saturated heterocycles. The van der Waals surface area contributed by atoms with Crippen molar-refractivity contribution >= 4 is 0 Å². The molecule has 18 heavy (non-hydrogen) atoms. The van der Waals surface area contributed by atoms with Gasteiger partial charge in [-0.1, -0.05) is 0 Å². The van der Waals surface area contributed by atoms with E-state index in [1.54, 1.807) is 0 Å². The molecule has 0 aliphatic carbocycles. The maximum absolute atomic E-state index is 5.86. The molecule has 0 unspecified atom stereocenters. The Morgan fingerprint density at radius 2 is 1.89 bits per heavy atom. The van der Waals surface area contributed by atoms with E-state index in [-0.39, 0.29) is 5.54 Å². The van der Waals surface area contributed by atoms with Crippen molar-refractivity contribution in [2.75, 3.05) is 39.5 Å². The molecule has 0 aromatic heterocycles. The van der Waals surface area contributed by atoms with Gasteiger partial charge >= 0.3 is 0 Å². The molecular formula is C14H28N2O2. The van der Waals surface area contributed by atoms with E-state index in [1.165, 1.54) is 12.8 Å². The Kier molecular flexibility index (Phi) is 5.01.